The summed E-state index contributed by atoms with van der Waals surface area (Å²) in [5.74, 6) is -0.392. The Bertz CT molecular complexity index is 413. The first-order valence-corrected chi connectivity index (χ1v) is 6.04. The van der Waals surface area contributed by atoms with Gasteiger partial charge >= 0.3 is 0 Å². The highest BCUT2D eigenvalue weighted by molar-refractivity contribution is 5.76. The van der Waals surface area contributed by atoms with Gasteiger partial charge in [0.05, 0.1) is 13.2 Å². The molecule has 0 bridgehead atoms. The monoisotopic (exact) mass is 272 g/mol. The van der Waals surface area contributed by atoms with E-state index in [-0.39, 0.29) is 19.6 Å². The number of aliphatic hydroxyl groups excluding tert-OH is 1. The molecular weight excluding hydrogens is 254 g/mol. The average Bonchev–Trinajstić information content (AvgIpc) is 2.35. The molecule has 0 aliphatic rings. The molecule has 0 saturated heterocycles. The second-order valence-electron chi connectivity index (χ2n) is 4.20. The number of nitrogens with zero attached hydrogens (tertiary/aromatic N) is 1. The van der Waals surface area contributed by atoms with Crippen LogP contribution >= 0.6 is 0 Å². The van der Waals surface area contributed by atoms with Crippen molar-refractivity contribution in [1.82, 2.24) is 4.90 Å². The number of amides is 1. The number of hydrogen-bond acceptors (Lipinski definition) is 3. The van der Waals surface area contributed by atoms with Crippen LogP contribution in [0, 0.1) is 0 Å². The molecule has 0 aromatic heterocycles. The molecule has 0 radical (unpaired) electrons. The minimum absolute atomic E-state index is 0.0693. The summed E-state index contributed by atoms with van der Waals surface area (Å²) in [6.07, 6.45) is -2.03. The first-order valence-electron chi connectivity index (χ1n) is 6.04. The minimum Gasteiger partial charge on any atom is -0.399 e. The lowest BCUT2D eigenvalue weighted by Gasteiger charge is -2.21. The van der Waals surface area contributed by atoms with Crippen LogP contribution < -0.4 is 5.73 Å². The minimum atomic E-state index is -2.59. The summed E-state index contributed by atoms with van der Waals surface area (Å²) in [5, 5.41) is 8.76. The van der Waals surface area contributed by atoms with Gasteiger partial charge in [-0.2, -0.15) is 0 Å². The zero-order valence-electron chi connectivity index (χ0n) is 10.6. The van der Waals surface area contributed by atoms with Gasteiger partial charge in [-0.3, -0.25) is 4.79 Å². The van der Waals surface area contributed by atoms with Crippen LogP contribution in [0.3, 0.4) is 0 Å². The van der Waals surface area contributed by atoms with Gasteiger partial charge in [-0.1, -0.05) is 12.1 Å². The Balaban J connectivity index is 2.52. The largest absolute Gasteiger partial charge is 0.399 e. The summed E-state index contributed by atoms with van der Waals surface area (Å²) in [5.41, 5.74) is 7.10. The van der Waals surface area contributed by atoms with E-state index < -0.39 is 18.9 Å². The maximum absolute atomic E-state index is 12.3. The lowest BCUT2D eigenvalue weighted by Crippen LogP contribution is -2.37. The Kier molecular flexibility index (Phi) is 6.21. The second-order valence-corrected chi connectivity index (χ2v) is 4.20. The summed E-state index contributed by atoms with van der Waals surface area (Å²) in [6, 6.07) is 7.09. The van der Waals surface area contributed by atoms with Gasteiger partial charge in [0.1, 0.15) is 0 Å². The molecule has 0 spiro atoms. The third-order valence-electron chi connectivity index (χ3n) is 2.66. The standard InChI is InChI=1S/C13H18F2N2O2/c14-12(15)9-17(6-7-18)13(19)5-4-10-2-1-3-11(16)8-10/h1-3,8,12,18H,4-7,9,16H2. The lowest BCUT2D eigenvalue weighted by molar-refractivity contribution is -0.133. The number of carbonyl (C=O) groups excluding carboxylic acids is 1. The highest BCUT2D eigenvalue weighted by Crippen LogP contribution is 2.10. The third-order valence-corrected chi connectivity index (χ3v) is 2.66. The van der Waals surface area contributed by atoms with Crippen LogP contribution in [0.5, 0.6) is 0 Å². The molecule has 0 fully saturated rings. The molecule has 1 amide bonds. The van der Waals surface area contributed by atoms with E-state index in [2.05, 4.69) is 0 Å². The smallest absolute Gasteiger partial charge is 0.255 e. The molecule has 1 aromatic carbocycles. The van der Waals surface area contributed by atoms with Crippen LogP contribution in [0.4, 0.5) is 14.5 Å². The Hall–Kier alpha value is -1.69. The number of halogens is 2. The van der Waals surface area contributed by atoms with Gasteiger partial charge in [0.25, 0.3) is 6.43 Å². The van der Waals surface area contributed by atoms with Crippen molar-refractivity contribution >= 4 is 11.6 Å². The van der Waals surface area contributed by atoms with Crippen molar-refractivity contribution in [2.45, 2.75) is 19.3 Å². The van der Waals surface area contributed by atoms with Gasteiger partial charge in [-0.15, -0.1) is 0 Å². The fourth-order valence-electron chi connectivity index (χ4n) is 1.76. The molecule has 6 heteroatoms. The van der Waals surface area contributed by atoms with E-state index in [4.69, 9.17) is 10.8 Å². The molecule has 1 aromatic rings. The van der Waals surface area contributed by atoms with Gasteiger partial charge in [0.2, 0.25) is 5.91 Å². The van der Waals surface area contributed by atoms with E-state index in [1.165, 1.54) is 0 Å². The number of aliphatic hydroxyl groups is 1. The van der Waals surface area contributed by atoms with E-state index in [1.807, 2.05) is 6.07 Å². The zero-order chi connectivity index (χ0) is 14.3. The molecule has 0 unspecified atom stereocenters. The number of rotatable bonds is 7. The topological polar surface area (TPSA) is 66.6 Å². The van der Waals surface area contributed by atoms with Crippen molar-refractivity contribution in [1.29, 1.82) is 0 Å². The summed E-state index contributed by atoms with van der Waals surface area (Å²) in [4.78, 5) is 12.8. The summed E-state index contributed by atoms with van der Waals surface area (Å²) in [6.45, 7) is -1.03. The highest BCUT2D eigenvalue weighted by Gasteiger charge is 2.17. The van der Waals surface area contributed by atoms with Gasteiger partial charge < -0.3 is 15.7 Å². The normalized spacial score (nSPS) is 10.7. The van der Waals surface area contributed by atoms with Gasteiger partial charge in [-0.05, 0) is 24.1 Å². The summed E-state index contributed by atoms with van der Waals surface area (Å²) < 4.78 is 24.6. The molecule has 0 saturated carbocycles. The number of nitrogen functional groups attached to an aromatic ring is 1. The number of hydrogen-bond donors (Lipinski definition) is 2. The van der Waals surface area contributed by atoms with Gasteiger partial charge in [-0.25, -0.2) is 8.78 Å². The van der Waals surface area contributed by atoms with Crippen molar-refractivity contribution in [2.24, 2.45) is 0 Å². The van der Waals surface area contributed by atoms with Gasteiger partial charge in [0, 0.05) is 18.7 Å². The molecule has 3 N–H and O–H groups in total. The van der Waals surface area contributed by atoms with Crippen LogP contribution in [0.25, 0.3) is 0 Å². The quantitative estimate of drug-likeness (QED) is 0.735. The molecule has 0 heterocycles. The second kappa shape index (κ2) is 7.68. The number of aryl methyl sites for hydroxylation is 1. The number of anilines is 1. The van der Waals surface area contributed by atoms with Crippen LogP contribution in [-0.2, 0) is 11.2 Å². The van der Waals surface area contributed by atoms with Crippen molar-refractivity contribution in [3.8, 4) is 0 Å². The van der Waals surface area contributed by atoms with Crippen molar-refractivity contribution in [3.05, 3.63) is 29.8 Å². The van der Waals surface area contributed by atoms with Crippen LogP contribution in [0.2, 0.25) is 0 Å². The highest BCUT2D eigenvalue weighted by atomic mass is 19.3. The molecule has 19 heavy (non-hydrogen) atoms. The Morgan fingerprint density at radius 1 is 1.42 bits per heavy atom. The van der Waals surface area contributed by atoms with E-state index >= 15 is 0 Å². The van der Waals surface area contributed by atoms with E-state index in [1.54, 1.807) is 18.2 Å². The number of alkyl halides is 2. The predicted molar refractivity (Wildman–Crippen MR) is 68.8 cm³/mol. The fourth-order valence-corrected chi connectivity index (χ4v) is 1.76. The maximum atomic E-state index is 12.3. The van der Waals surface area contributed by atoms with E-state index in [0.717, 1.165) is 10.5 Å². The first kappa shape index (κ1) is 15.4. The Labute approximate surface area is 110 Å². The van der Waals surface area contributed by atoms with Crippen molar-refractivity contribution < 1.29 is 18.7 Å². The first-order chi connectivity index (χ1) is 9.02. The molecule has 0 aliphatic heterocycles. The Morgan fingerprint density at radius 3 is 2.74 bits per heavy atom. The van der Waals surface area contributed by atoms with Crippen LogP contribution in [0.15, 0.2) is 24.3 Å². The third kappa shape index (κ3) is 5.65. The predicted octanol–water partition coefficient (Wildman–Crippen LogP) is 1.29. The zero-order valence-corrected chi connectivity index (χ0v) is 10.6. The Morgan fingerprint density at radius 2 is 2.16 bits per heavy atom. The van der Waals surface area contributed by atoms with Crippen molar-refractivity contribution in [3.63, 3.8) is 0 Å². The molecule has 106 valence electrons. The molecule has 0 aliphatic carbocycles. The summed E-state index contributed by atoms with van der Waals surface area (Å²) >= 11 is 0. The van der Waals surface area contributed by atoms with Crippen LogP contribution in [-0.4, -0.2) is 42.0 Å². The SMILES string of the molecule is Nc1cccc(CCC(=O)N(CCO)CC(F)F)c1. The molecular formula is C13H18F2N2O2. The van der Waals surface area contributed by atoms with Crippen molar-refractivity contribution in [2.75, 3.05) is 25.4 Å². The lowest BCUT2D eigenvalue weighted by atomic mass is 10.1. The van der Waals surface area contributed by atoms with E-state index in [0.29, 0.717) is 12.1 Å². The van der Waals surface area contributed by atoms with Gasteiger partial charge in [0.15, 0.2) is 0 Å². The fraction of sp³-hybridized carbons (Fsp3) is 0.462. The van der Waals surface area contributed by atoms with Crippen LogP contribution in [0.1, 0.15) is 12.0 Å². The molecule has 1 rings (SSSR count). The number of carbonyl (C=O) groups is 1. The molecule has 0 atom stereocenters. The number of nitrogens with two attached hydrogens (primary N) is 1. The number of benzene rings is 1. The van der Waals surface area contributed by atoms with E-state index in [9.17, 15) is 13.6 Å². The maximum Gasteiger partial charge on any atom is 0.255 e. The average molecular weight is 272 g/mol. The molecule has 4 nitrogen and oxygen atoms in total. The summed E-state index contributed by atoms with van der Waals surface area (Å²) in [7, 11) is 0.